The van der Waals surface area contributed by atoms with Crippen molar-refractivity contribution in [3.63, 3.8) is 0 Å². The lowest BCUT2D eigenvalue weighted by Crippen LogP contribution is -2.48. The maximum Gasteiger partial charge on any atom is 0.254 e. The monoisotopic (exact) mass is 528 g/mol. The number of halogens is 1. The highest BCUT2D eigenvalue weighted by Crippen LogP contribution is 2.32. The standard InChI is InChI=1S/C27H21BrN4OS/c28-19-10-11-23-25(16-19)34-27(30-23)32-14-12-31(13-15-32)26(33)21-17-24(18-6-2-1-3-7-18)29-22-9-5-4-8-20(21)22/h1-11,16-17H,12-15H2. The number of benzene rings is 3. The van der Waals surface area contributed by atoms with Gasteiger partial charge >= 0.3 is 0 Å². The number of thiazole rings is 1. The van der Waals surface area contributed by atoms with E-state index in [1.165, 1.54) is 4.70 Å². The fraction of sp³-hybridized carbons (Fsp3) is 0.148. The van der Waals surface area contributed by atoms with Crippen molar-refractivity contribution in [3.8, 4) is 11.3 Å². The first-order valence-corrected chi connectivity index (χ1v) is 12.8. The van der Waals surface area contributed by atoms with Crippen molar-refractivity contribution in [1.82, 2.24) is 14.9 Å². The zero-order valence-electron chi connectivity index (χ0n) is 18.3. The smallest absolute Gasteiger partial charge is 0.254 e. The summed E-state index contributed by atoms with van der Waals surface area (Å²) in [6.45, 7) is 2.86. The highest BCUT2D eigenvalue weighted by Gasteiger charge is 2.25. The van der Waals surface area contributed by atoms with Gasteiger partial charge in [-0.3, -0.25) is 4.79 Å². The lowest BCUT2D eigenvalue weighted by molar-refractivity contribution is 0.0748. The maximum atomic E-state index is 13.7. The molecule has 1 saturated heterocycles. The number of amides is 1. The molecule has 1 amide bonds. The Labute approximate surface area is 209 Å². The molecule has 0 radical (unpaired) electrons. The molecule has 34 heavy (non-hydrogen) atoms. The number of piperazine rings is 1. The molecule has 0 saturated carbocycles. The first-order valence-electron chi connectivity index (χ1n) is 11.2. The van der Waals surface area contributed by atoms with Gasteiger partial charge in [0.25, 0.3) is 5.91 Å². The van der Waals surface area contributed by atoms with E-state index in [0.717, 1.165) is 50.4 Å². The molecule has 1 fully saturated rings. The summed E-state index contributed by atoms with van der Waals surface area (Å²) in [6, 6.07) is 26.0. The zero-order chi connectivity index (χ0) is 23.1. The van der Waals surface area contributed by atoms with E-state index in [2.05, 4.69) is 26.9 Å². The molecule has 0 unspecified atom stereocenters. The minimum Gasteiger partial charge on any atom is -0.345 e. The average Bonchev–Trinajstić information content (AvgIpc) is 3.31. The Morgan fingerprint density at radius 2 is 1.59 bits per heavy atom. The number of carbonyl (C=O) groups is 1. The maximum absolute atomic E-state index is 13.7. The summed E-state index contributed by atoms with van der Waals surface area (Å²) >= 11 is 5.24. The fourth-order valence-corrected chi connectivity index (χ4v) is 5.97. The first-order chi connectivity index (χ1) is 16.7. The summed E-state index contributed by atoms with van der Waals surface area (Å²) in [4.78, 5) is 27.5. The lowest BCUT2D eigenvalue weighted by atomic mass is 10.0. The van der Waals surface area contributed by atoms with E-state index in [0.29, 0.717) is 18.7 Å². The molecule has 2 aromatic heterocycles. The van der Waals surface area contributed by atoms with Crippen molar-refractivity contribution < 1.29 is 4.79 Å². The highest BCUT2D eigenvalue weighted by molar-refractivity contribution is 9.10. The highest BCUT2D eigenvalue weighted by atomic mass is 79.9. The Morgan fingerprint density at radius 1 is 0.824 bits per heavy atom. The van der Waals surface area contributed by atoms with Crippen LogP contribution in [0.5, 0.6) is 0 Å². The molecule has 5 aromatic rings. The zero-order valence-corrected chi connectivity index (χ0v) is 20.7. The van der Waals surface area contributed by atoms with Crippen LogP contribution in [0.2, 0.25) is 0 Å². The summed E-state index contributed by atoms with van der Waals surface area (Å²) in [5, 5.41) is 1.91. The van der Waals surface area contributed by atoms with Gasteiger partial charge in [-0.1, -0.05) is 75.8 Å². The van der Waals surface area contributed by atoms with E-state index >= 15 is 0 Å². The van der Waals surface area contributed by atoms with Gasteiger partial charge in [-0.25, -0.2) is 9.97 Å². The second kappa shape index (κ2) is 8.81. The van der Waals surface area contributed by atoms with Gasteiger partial charge in [0.1, 0.15) is 0 Å². The first kappa shape index (κ1) is 21.3. The van der Waals surface area contributed by atoms with Gasteiger partial charge in [-0.2, -0.15) is 0 Å². The molecule has 6 rings (SSSR count). The van der Waals surface area contributed by atoms with Crippen LogP contribution in [0.15, 0.2) is 83.3 Å². The van der Waals surface area contributed by atoms with E-state index < -0.39 is 0 Å². The van der Waals surface area contributed by atoms with Crippen LogP contribution >= 0.6 is 27.3 Å². The van der Waals surface area contributed by atoms with E-state index in [4.69, 9.17) is 9.97 Å². The quantitative estimate of drug-likeness (QED) is 0.278. The summed E-state index contributed by atoms with van der Waals surface area (Å²) in [7, 11) is 0. The Balaban J connectivity index is 1.27. The molecule has 0 atom stereocenters. The fourth-order valence-electron chi connectivity index (χ4n) is 4.40. The number of anilines is 1. The predicted molar refractivity (Wildman–Crippen MR) is 143 cm³/mol. The van der Waals surface area contributed by atoms with Crippen LogP contribution < -0.4 is 4.90 Å². The second-order valence-corrected chi connectivity index (χ2v) is 10.3. The van der Waals surface area contributed by atoms with Crippen LogP contribution in [0.1, 0.15) is 10.4 Å². The van der Waals surface area contributed by atoms with Crippen LogP contribution in [0.3, 0.4) is 0 Å². The topological polar surface area (TPSA) is 49.3 Å². The number of carbonyl (C=O) groups excluding carboxylic acids is 1. The van der Waals surface area contributed by atoms with Gasteiger partial charge in [0, 0.05) is 41.6 Å². The van der Waals surface area contributed by atoms with E-state index in [-0.39, 0.29) is 5.91 Å². The molecule has 5 nitrogen and oxygen atoms in total. The molecule has 0 N–H and O–H groups in total. The van der Waals surface area contributed by atoms with E-state index in [9.17, 15) is 4.79 Å². The predicted octanol–water partition coefficient (Wildman–Crippen LogP) is 6.24. The van der Waals surface area contributed by atoms with Crippen molar-refractivity contribution >= 4 is 59.4 Å². The van der Waals surface area contributed by atoms with Crippen LogP contribution in [0.25, 0.3) is 32.4 Å². The molecule has 3 heterocycles. The number of hydrogen-bond donors (Lipinski definition) is 0. The van der Waals surface area contributed by atoms with Crippen molar-refractivity contribution in [2.45, 2.75) is 0 Å². The number of pyridine rings is 1. The third-order valence-corrected chi connectivity index (χ3v) is 7.76. The van der Waals surface area contributed by atoms with Crippen LogP contribution in [-0.2, 0) is 0 Å². The largest absolute Gasteiger partial charge is 0.345 e. The molecule has 7 heteroatoms. The van der Waals surface area contributed by atoms with Gasteiger partial charge in [-0.05, 0) is 30.3 Å². The van der Waals surface area contributed by atoms with Gasteiger partial charge in [-0.15, -0.1) is 0 Å². The SMILES string of the molecule is O=C(c1cc(-c2ccccc2)nc2ccccc12)N1CCN(c2nc3ccc(Br)cc3s2)CC1. The minimum absolute atomic E-state index is 0.0589. The van der Waals surface area contributed by atoms with Crippen molar-refractivity contribution in [2.24, 2.45) is 0 Å². The van der Waals surface area contributed by atoms with Crippen LogP contribution in [-0.4, -0.2) is 47.0 Å². The number of fused-ring (bicyclic) bond motifs is 2. The van der Waals surface area contributed by atoms with Gasteiger partial charge in [0.15, 0.2) is 5.13 Å². The summed E-state index contributed by atoms with van der Waals surface area (Å²) < 4.78 is 2.23. The molecular weight excluding hydrogens is 508 g/mol. The molecule has 1 aliphatic rings. The van der Waals surface area contributed by atoms with Gasteiger partial charge in [0.2, 0.25) is 0 Å². The third-order valence-electron chi connectivity index (χ3n) is 6.19. The van der Waals surface area contributed by atoms with Crippen molar-refractivity contribution in [3.05, 3.63) is 88.9 Å². The van der Waals surface area contributed by atoms with E-state index in [1.54, 1.807) is 11.3 Å². The Kier molecular flexibility index (Phi) is 5.51. The average molecular weight is 529 g/mol. The minimum atomic E-state index is 0.0589. The van der Waals surface area contributed by atoms with Crippen LogP contribution in [0, 0.1) is 0 Å². The van der Waals surface area contributed by atoms with Gasteiger partial charge in [0.05, 0.1) is 27.0 Å². The number of nitrogens with zero attached hydrogens (tertiary/aromatic N) is 4. The number of aromatic nitrogens is 2. The molecular formula is C27H21BrN4OS. The lowest BCUT2D eigenvalue weighted by Gasteiger charge is -2.34. The molecule has 168 valence electrons. The summed E-state index contributed by atoms with van der Waals surface area (Å²) in [6.07, 6.45) is 0. The number of rotatable bonds is 3. The Bertz CT molecular complexity index is 1510. The summed E-state index contributed by atoms with van der Waals surface area (Å²) in [5.74, 6) is 0.0589. The third kappa shape index (κ3) is 3.95. The number of hydrogen-bond acceptors (Lipinski definition) is 5. The summed E-state index contributed by atoms with van der Waals surface area (Å²) in [5.41, 5.74) is 4.39. The molecule has 0 aliphatic carbocycles. The van der Waals surface area contributed by atoms with Crippen molar-refractivity contribution in [1.29, 1.82) is 0 Å². The number of para-hydroxylation sites is 1. The molecule has 0 spiro atoms. The normalized spacial score (nSPS) is 14.1. The van der Waals surface area contributed by atoms with Gasteiger partial charge < -0.3 is 9.80 Å². The van der Waals surface area contributed by atoms with Crippen molar-refractivity contribution in [2.75, 3.05) is 31.1 Å². The second-order valence-electron chi connectivity index (χ2n) is 8.33. The Morgan fingerprint density at radius 3 is 2.41 bits per heavy atom. The van der Waals surface area contributed by atoms with Crippen LogP contribution in [0.4, 0.5) is 5.13 Å². The molecule has 0 bridgehead atoms. The van der Waals surface area contributed by atoms with E-state index in [1.807, 2.05) is 77.7 Å². The molecule has 1 aliphatic heterocycles. The molecule has 3 aromatic carbocycles. The Hall–Kier alpha value is -3.29.